The molecule has 1 aliphatic carbocycles. The summed E-state index contributed by atoms with van der Waals surface area (Å²) in [6.07, 6.45) is 8.57. The van der Waals surface area contributed by atoms with Crippen LogP contribution in [0.4, 0.5) is 0 Å². The van der Waals surface area contributed by atoms with Gasteiger partial charge in [-0.1, -0.05) is 31.0 Å². The van der Waals surface area contributed by atoms with Crippen LogP contribution in [0.1, 0.15) is 43.5 Å². The van der Waals surface area contributed by atoms with E-state index in [1.165, 1.54) is 12.8 Å². The van der Waals surface area contributed by atoms with Crippen LogP contribution in [0.25, 0.3) is 5.69 Å². The molecule has 1 saturated carbocycles. The Morgan fingerprint density at radius 2 is 2.07 bits per heavy atom. The Bertz CT molecular complexity index is 872. The maximum absolute atomic E-state index is 12.7. The number of hydrogen-bond donors (Lipinski definition) is 2. The first-order valence-electron chi connectivity index (χ1n) is 10.5. The summed E-state index contributed by atoms with van der Waals surface area (Å²) in [7, 11) is 0. The molecule has 4 rings (SSSR count). The van der Waals surface area contributed by atoms with Crippen LogP contribution in [0.3, 0.4) is 0 Å². The smallest absolute Gasteiger partial charge is 0.237 e. The van der Waals surface area contributed by atoms with Gasteiger partial charge < -0.3 is 15.2 Å². The topological polar surface area (TPSA) is 79.3 Å². The molecule has 1 aromatic heterocycles. The van der Waals surface area contributed by atoms with Crippen molar-refractivity contribution in [3.05, 3.63) is 48.0 Å². The Morgan fingerprint density at radius 1 is 1.28 bits per heavy atom. The Kier molecular flexibility index (Phi) is 5.94. The number of imidazole rings is 1. The minimum atomic E-state index is -0.363. The van der Waals surface area contributed by atoms with E-state index in [0.717, 1.165) is 36.5 Å². The van der Waals surface area contributed by atoms with Crippen molar-refractivity contribution in [2.45, 2.75) is 57.7 Å². The van der Waals surface area contributed by atoms with Gasteiger partial charge in [0.2, 0.25) is 11.8 Å². The van der Waals surface area contributed by atoms with E-state index in [1.54, 1.807) is 6.20 Å². The standard InChI is InChI=1S/C22H29N5O2/c1-16-23-10-12-26(16)19-9-5-2-6-17(19)15-25-21(28)14-20-22(29)24-11-13-27(20)18-7-3-4-8-18/h2,5-6,9-10,12,18,20H,3-4,7-8,11,13-15H2,1H3,(H,24,29)(H,25,28)/t20-/m0/s1. The third kappa shape index (κ3) is 4.34. The van der Waals surface area contributed by atoms with Crippen molar-refractivity contribution in [2.75, 3.05) is 13.1 Å². The van der Waals surface area contributed by atoms with Gasteiger partial charge in [-0.2, -0.15) is 0 Å². The van der Waals surface area contributed by atoms with Gasteiger partial charge in [-0.15, -0.1) is 0 Å². The number of benzene rings is 1. The average molecular weight is 396 g/mol. The van der Waals surface area contributed by atoms with Crippen LogP contribution in [-0.2, 0) is 16.1 Å². The zero-order chi connectivity index (χ0) is 20.2. The summed E-state index contributed by atoms with van der Waals surface area (Å²) in [6, 6.07) is 8.04. The number of piperazine rings is 1. The molecule has 2 aromatic rings. The fourth-order valence-electron chi connectivity index (χ4n) is 4.58. The summed E-state index contributed by atoms with van der Waals surface area (Å²) in [6.45, 7) is 3.88. The van der Waals surface area contributed by atoms with Crippen molar-refractivity contribution in [3.8, 4) is 5.69 Å². The van der Waals surface area contributed by atoms with E-state index >= 15 is 0 Å². The predicted octanol–water partition coefficient (Wildman–Crippen LogP) is 1.93. The first-order valence-corrected chi connectivity index (χ1v) is 10.5. The Morgan fingerprint density at radius 3 is 2.83 bits per heavy atom. The summed E-state index contributed by atoms with van der Waals surface area (Å²) in [5, 5.41) is 5.95. The lowest BCUT2D eigenvalue weighted by molar-refractivity contribution is -0.135. The molecule has 7 heteroatoms. The molecular formula is C22H29N5O2. The highest BCUT2D eigenvalue weighted by Crippen LogP contribution is 2.27. The van der Waals surface area contributed by atoms with Crippen molar-refractivity contribution in [1.29, 1.82) is 0 Å². The summed E-state index contributed by atoms with van der Waals surface area (Å²) in [5.41, 5.74) is 2.02. The Balaban J connectivity index is 1.41. The largest absolute Gasteiger partial charge is 0.353 e. The highest BCUT2D eigenvalue weighted by atomic mass is 16.2. The number of nitrogens with zero attached hydrogens (tertiary/aromatic N) is 3. The molecule has 29 heavy (non-hydrogen) atoms. The van der Waals surface area contributed by atoms with Gasteiger partial charge in [0.15, 0.2) is 0 Å². The summed E-state index contributed by atoms with van der Waals surface area (Å²) < 4.78 is 2.01. The Hall–Kier alpha value is -2.67. The monoisotopic (exact) mass is 395 g/mol. The highest BCUT2D eigenvalue weighted by molar-refractivity contribution is 5.88. The number of aromatic nitrogens is 2. The lowest BCUT2D eigenvalue weighted by Crippen LogP contribution is -2.59. The van der Waals surface area contributed by atoms with Crippen LogP contribution in [0.15, 0.2) is 36.7 Å². The summed E-state index contributed by atoms with van der Waals surface area (Å²) in [5.74, 6) is 0.787. The first-order chi connectivity index (χ1) is 14.1. The van der Waals surface area contributed by atoms with Gasteiger partial charge in [0.25, 0.3) is 0 Å². The van der Waals surface area contributed by atoms with E-state index in [-0.39, 0.29) is 24.3 Å². The van der Waals surface area contributed by atoms with E-state index in [2.05, 4.69) is 20.5 Å². The SMILES string of the molecule is Cc1nccn1-c1ccccc1CNC(=O)C[C@H]1C(=O)NCCN1C1CCCC1. The van der Waals surface area contributed by atoms with Crippen LogP contribution in [-0.4, -0.2) is 51.4 Å². The molecule has 1 atom stereocenters. The summed E-state index contributed by atoms with van der Waals surface area (Å²) in [4.78, 5) is 31.7. The number of nitrogens with one attached hydrogen (secondary N) is 2. The molecular weight excluding hydrogens is 366 g/mol. The molecule has 0 bridgehead atoms. The van der Waals surface area contributed by atoms with Crippen molar-refractivity contribution in [1.82, 2.24) is 25.1 Å². The predicted molar refractivity (Wildman–Crippen MR) is 111 cm³/mol. The quantitative estimate of drug-likeness (QED) is 0.783. The molecule has 2 heterocycles. The molecule has 0 spiro atoms. The number of carbonyl (C=O) groups excluding carboxylic acids is 2. The van der Waals surface area contributed by atoms with Gasteiger partial charge >= 0.3 is 0 Å². The molecule has 2 N–H and O–H groups in total. The molecule has 2 aliphatic rings. The van der Waals surface area contributed by atoms with Crippen molar-refractivity contribution in [2.24, 2.45) is 0 Å². The molecule has 1 saturated heterocycles. The molecule has 7 nitrogen and oxygen atoms in total. The average Bonchev–Trinajstić information content (AvgIpc) is 3.40. The maximum Gasteiger partial charge on any atom is 0.237 e. The van der Waals surface area contributed by atoms with Gasteiger partial charge in [-0.3, -0.25) is 14.5 Å². The first kappa shape index (κ1) is 19.6. The van der Waals surface area contributed by atoms with E-state index in [9.17, 15) is 9.59 Å². The second-order valence-corrected chi connectivity index (χ2v) is 7.94. The molecule has 0 radical (unpaired) electrons. The molecule has 1 aliphatic heterocycles. The van der Waals surface area contributed by atoms with E-state index in [1.807, 2.05) is 42.0 Å². The zero-order valence-corrected chi connectivity index (χ0v) is 16.9. The fourth-order valence-corrected chi connectivity index (χ4v) is 4.58. The number of aryl methyl sites for hydroxylation is 1. The number of hydrogen-bond acceptors (Lipinski definition) is 4. The maximum atomic E-state index is 12.7. The van der Waals surface area contributed by atoms with Crippen molar-refractivity contribution in [3.63, 3.8) is 0 Å². The van der Waals surface area contributed by atoms with Gasteiger partial charge in [0.1, 0.15) is 5.82 Å². The van der Waals surface area contributed by atoms with Gasteiger partial charge in [0, 0.05) is 38.1 Å². The molecule has 1 aromatic carbocycles. The molecule has 154 valence electrons. The normalized spacial score (nSPS) is 20.6. The third-order valence-electron chi connectivity index (χ3n) is 6.10. The molecule has 2 fully saturated rings. The van der Waals surface area contributed by atoms with E-state index in [0.29, 0.717) is 19.1 Å². The van der Waals surface area contributed by atoms with Crippen LogP contribution < -0.4 is 10.6 Å². The van der Waals surface area contributed by atoms with Crippen molar-refractivity contribution >= 4 is 11.8 Å². The van der Waals surface area contributed by atoms with Crippen LogP contribution in [0.2, 0.25) is 0 Å². The Labute approximate surface area is 171 Å². The second kappa shape index (κ2) is 8.78. The fraction of sp³-hybridized carbons (Fsp3) is 0.500. The number of para-hydroxylation sites is 1. The van der Waals surface area contributed by atoms with Crippen molar-refractivity contribution < 1.29 is 9.59 Å². The van der Waals surface area contributed by atoms with Gasteiger partial charge in [-0.25, -0.2) is 4.98 Å². The minimum absolute atomic E-state index is 0.0206. The van der Waals surface area contributed by atoms with Crippen LogP contribution in [0, 0.1) is 6.92 Å². The van der Waals surface area contributed by atoms with Gasteiger partial charge in [0.05, 0.1) is 18.2 Å². The van der Waals surface area contributed by atoms with Crippen LogP contribution >= 0.6 is 0 Å². The van der Waals surface area contributed by atoms with Gasteiger partial charge in [-0.05, 0) is 31.4 Å². The minimum Gasteiger partial charge on any atom is -0.353 e. The number of amides is 2. The molecule has 0 unspecified atom stereocenters. The number of carbonyl (C=O) groups is 2. The lowest BCUT2D eigenvalue weighted by Gasteiger charge is -2.38. The van der Waals surface area contributed by atoms with E-state index in [4.69, 9.17) is 0 Å². The zero-order valence-electron chi connectivity index (χ0n) is 16.9. The van der Waals surface area contributed by atoms with Crippen LogP contribution in [0.5, 0.6) is 0 Å². The lowest BCUT2D eigenvalue weighted by atomic mass is 10.0. The summed E-state index contributed by atoms with van der Waals surface area (Å²) >= 11 is 0. The van der Waals surface area contributed by atoms with E-state index < -0.39 is 0 Å². The number of rotatable bonds is 6. The highest BCUT2D eigenvalue weighted by Gasteiger charge is 2.36. The molecule has 2 amide bonds. The third-order valence-corrected chi connectivity index (χ3v) is 6.10. The second-order valence-electron chi connectivity index (χ2n) is 7.94.